The van der Waals surface area contributed by atoms with Gasteiger partial charge in [-0.1, -0.05) is 10.3 Å². The zero-order valence-electron chi connectivity index (χ0n) is 10.4. The van der Waals surface area contributed by atoms with Crippen molar-refractivity contribution in [3.63, 3.8) is 0 Å². The Kier molecular flexibility index (Phi) is 3.95. The number of aromatic nitrogens is 2. The summed E-state index contributed by atoms with van der Waals surface area (Å²) in [4.78, 5) is 15.6. The first-order chi connectivity index (χ1) is 9.99. The molecule has 0 radical (unpaired) electrons. The van der Waals surface area contributed by atoms with Crippen molar-refractivity contribution in [2.75, 3.05) is 6.61 Å². The van der Waals surface area contributed by atoms with E-state index in [-0.39, 0.29) is 0 Å². The number of H-pyrrole nitrogens is 1. The van der Waals surface area contributed by atoms with E-state index in [0.717, 1.165) is 16.8 Å². The van der Waals surface area contributed by atoms with Crippen LogP contribution in [0.15, 0.2) is 27.3 Å². The monoisotopic (exact) mass is 302 g/mol. The second-order valence-corrected chi connectivity index (χ2v) is 4.23. The highest BCUT2D eigenvalue weighted by molar-refractivity contribution is 5.00. The van der Waals surface area contributed by atoms with Gasteiger partial charge in [0.05, 0.1) is 6.61 Å². The van der Waals surface area contributed by atoms with E-state index in [1.54, 1.807) is 0 Å². The number of alkyl halides is 1. The molecule has 1 saturated heterocycles. The lowest BCUT2D eigenvalue weighted by Crippen LogP contribution is -2.43. The van der Waals surface area contributed by atoms with Gasteiger partial charge in [-0.2, -0.15) is 0 Å². The highest BCUT2D eigenvalue weighted by Crippen LogP contribution is 2.39. The normalized spacial score (nSPS) is 32.9. The Labute approximate surface area is 115 Å². The van der Waals surface area contributed by atoms with E-state index >= 15 is 0 Å². The van der Waals surface area contributed by atoms with Crippen molar-refractivity contribution in [3.05, 3.63) is 38.7 Å². The first-order valence-corrected chi connectivity index (χ1v) is 5.65. The molecule has 0 bridgehead atoms. The molecule has 0 amide bonds. The van der Waals surface area contributed by atoms with Gasteiger partial charge in [0.2, 0.25) is 11.3 Å². The molecule has 0 unspecified atom stereocenters. The average molecular weight is 302 g/mol. The minimum Gasteiger partial charge on any atom is -0.408 e. The number of nitrogens with zero attached hydrogens (tertiary/aromatic N) is 5. The molecule has 0 saturated carbocycles. The topological polar surface area (TPSA) is 169 Å². The van der Waals surface area contributed by atoms with Crippen LogP contribution in [0.1, 0.15) is 6.23 Å². The highest BCUT2D eigenvalue weighted by Gasteiger charge is 2.55. The van der Waals surface area contributed by atoms with E-state index in [1.807, 2.05) is 0 Å². The molecule has 1 aromatic rings. The second-order valence-electron chi connectivity index (χ2n) is 4.23. The van der Waals surface area contributed by atoms with Gasteiger partial charge in [0.1, 0.15) is 6.10 Å². The Bertz CT molecular complexity index is 696. The van der Waals surface area contributed by atoms with Crippen molar-refractivity contribution in [2.24, 2.45) is 10.3 Å². The number of aliphatic hydroxyl groups excluding tert-OH is 2. The summed E-state index contributed by atoms with van der Waals surface area (Å²) in [6, 6.07) is 1.00. The van der Waals surface area contributed by atoms with Crippen molar-refractivity contribution in [3.8, 4) is 0 Å². The molecule has 4 atom stereocenters. The number of rotatable bonds is 3. The number of hydrogen-bond donors (Lipinski definition) is 4. The van der Waals surface area contributed by atoms with Gasteiger partial charge in [0.25, 0.3) is 5.56 Å². The van der Waals surface area contributed by atoms with Crippen LogP contribution in [0.25, 0.3) is 10.4 Å². The largest absolute Gasteiger partial charge is 0.408 e. The molecule has 114 valence electrons. The molecule has 4 N–H and O–H groups in total. The van der Waals surface area contributed by atoms with Crippen LogP contribution < -0.4 is 11.2 Å². The fourth-order valence-electron chi connectivity index (χ4n) is 2.00. The molecular weight excluding hydrogens is 291 g/mol. The number of aromatic amines is 1. The van der Waals surface area contributed by atoms with Gasteiger partial charge in [-0.25, -0.2) is 4.39 Å². The van der Waals surface area contributed by atoms with Crippen LogP contribution >= 0.6 is 0 Å². The fourth-order valence-corrected chi connectivity index (χ4v) is 2.00. The third kappa shape index (κ3) is 2.36. The highest BCUT2D eigenvalue weighted by atomic mass is 19.1. The summed E-state index contributed by atoms with van der Waals surface area (Å²) in [5.74, 6) is 0. The maximum absolute atomic E-state index is 14.2. The molecule has 1 fully saturated rings. The van der Waals surface area contributed by atoms with Crippen LogP contribution in [0, 0.1) is 0 Å². The van der Waals surface area contributed by atoms with Gasteiger partial charge in [-0.15, -0.1) is 0 Å². The van der Waals surface area contributed by atoms with E-state index in [9.17, 15) is 19.4 Å². The van der Waals surface area contributed by atoms with E-state index in [1.165, 1.54) is 0 Å². The van der Waals surface area contributed by atoms with E-state index < -0.39 is 42.0 Å². The molecule has 21 heavy (non-hydrogen) atoms. The summed E-state index contributed by atoms with van der Waals surface area (Å²) in [5.41, 5.74) is 5.17. The number of ether oxygens (including phenoxy) is 1. The van der Waals surface area contributed by atoms with Crippen molar-refractivity contribution in [1.82, 2.24) is 9.55 Å². The smallest absolute Gasteiger partial charge is 0.252 e. The van der Waals surface area contributed by atoms with Gasteiger partial charge in [0.15, 0.2) is 12.4 Å². The summed E-state index contributed by atoms with van der Waals surface area (Å²) in [6.45, 7) is -0.968. The molecule has 0 aliphatic carbocycles. The van der Waals surface area contributed by atoms with Crippen LogP contribution in [0.3, 0.4) is 0 Å². The average Bonchev–Trinajstić information content (AvgIpc) is 2.73. The van der Waals surface area contributed by atoms with Crippen LogP contribution in [-0.2, 0) is 4.74 Å². The quantitative estimate of drug-likeness (QED) is 0.178. The predicted molar refractivity (Wildman–Crippen MR) is 62.4 cm³/mol. The maximum atomic E-state index is 14.2. The van der Waals surface area contributed by atoms with Crippen LogP contribution in [0.4, 0.5) is 4.39 Å². The molecule has 1 aliphatic heterocycles. The summed E-state index contributed by atoms with van der Waals surface area (Å²) >= 11 is 0. The number of halogens is 1. The molecule has 1 aliphatic rings. The van der Waals surface area contributed by atoms with Crippen molar-refractivity contribution in [1.29, 1.82) is 0 Å². The first kappa shape index (κ1) is 15.0. The van der Waals surface area contributed by atoms with E-state index in [2.05, 4.69) is 20.2 Å². The lowest BCUT2D eigenvalue weighted by Gasteiger charge is -2.23. The third-order valence-corrected chi connectivity index (χ3v) is 3.04. The molecule has 0 spiro atoms. The minimum absolute atomic E-state index is 0.447. The molecule has 12 heteroatoms. The Balaban J connectivity index is 2.52. The molecule has 1 aromatic heterocycles. The van der Waals surface area contributed by atoms with Crippen molar-refractivity contribution >= 4 is 0 Å². The van der Waals surface area contributed by atoms with Crippen LogP contribution in [0.2, 0.25) is 0 Å². The Morgan fingerprint density at radius 3 is 2.95 bits per heavy atom. The van der Waals surface area contributed by atoms with Crippen LogP contribution in [0.5, 0.6) is 0 Å². The fraction of sp³-hybridized carbons (Fsp3) is 0.556. The molecular formula is C9H11FN6O5. The summed E-state index contributed by atoms with van der Waals surface area (Å²) < 4.78 is 20.2. The first-order valence-electron chi connectivity index (χ1n) is 5.65. The summed E-state index contributed by atoms with van der Waals surface area (Å²) in [7, 11) is 0. The predicted octanol–water partition coefficient (Wildman–Crippen LogP) is -1.31. The standard InChI is InChI=1S/C9H11FN6O5/c10-5-6(19)9(3-17,14-15-11)21-7(5)16-2-1-4(18)12-8(16)13-20/h1-2,5-7,17,19-20H,3H2,(H,12,13,18)/t5-,6+,7-,9-/m1/s1. The zero-order chi connectivity index (χ0) is 15.6. The number of hydrogen-bond acceptors (Lipinski definition) is 7. The van der Waals surface area contributed by atoms with Crippen LogP contribution in [-0.4, -0.2) is 49.6 Å². The maximum Gasteiger partial charge on any atom is 0.252 e. The summed E-state index contributed by atoms with van der Waals surface area (Å²) in [6.07, 6.45) is -4.59. The molecule has 2 heterocycles. The van der Waals surface area contributed by atoms with Gasteiger partial charge < -0.3 is 20.2 Å². The van der Waals surface area contributed by atoms with Crippen molar-refractivity contribution < 1.29 is 24.5 Å². The van der Waals surface area contributed by atoms with Gasteiger partial charge in [-0.05, 0) is 5.53 Å². The Morgan fingerprint density at radius 2 is 2.38 bits per heavy atom. The Morgan fingerprint density at radius 1 is 1.67 bits per heavy atom. The lowest BCUT2D eigenvalue weighted by atomic mass is 10.1. The number of nitrogens with one attached hydrogen (secondary N) is 1. The second kappa shape index (κ2) is 5.54. The van der Waals surface area contributed by atoms with E-state index in [4.69, 9.17) is 15.5 Å². The van der Waals surface area contributed by atoms with Gasteiger partial charge >= 0.3 is 0 Å². The third-order valence-electron chi connectivity index (χ3n) is 3.04. The molecule has 0 aromatic carbocycles. The molecule has 11 nitrogen and oxygen atoms in total. The number of aliphatic hydroxyl groups is 2. The Hall–Kier alpha value is -2.40. The van der Waals surface area contributed by atoms with Gasteiger partial charge in [-0.3, -0.25) is 14.3 Å². The SMILES string of the molecule is [N-]=[N+]=N[C@]1(CO)O[C@@H](n2ccc(=O)[nH]/c2=N\O)[C@H](F)[C@@H]1O. The summed E-state index contributed by atoms with van der Waals surface area (Å²) in [5, 5.41) is 33.7. The lowest BCUT2D eigenvalue weighted by molar-refractivity contribution is -0.125. The minimum atomic E-state index is -2.21. The van der Waals surface area contributed by atoms with E-state index in [0.29, 0.717) is 0 Å². The molecule has 2 rings (SSSR count). The van der Waals surface area contributed by atoms with Gasteiger partial charge in [0, 0.05) is 17.2 Å². The zero-order valence-corrected chi connectivity index (χ0v) is 10.4. The van der Waals surface area contributed by atoms with Crippen molar-refractivity contribution in [2.45, 2.75) is 24.2 Å². The number of azide groups is 1.